The van der Waals surface area contributed by atoms with E-state index in [2.05, 4.69) is 137 Å². The zero-order valence-electron chi connectivity index (χ0n) is 66.3. The normalized spacial score (nSPS) is 14.6. The van der Waals surface area contributed by atoms with Crippen molar-refractivity contribution in [3.63, 3.8) is 0 Å². The van der Waals surface area contributed by atoms with Crippen molar-refractivity contribution in [3.8, 4) is 0 Å². The number of ether oxygens (including phenoxy) is 4. The highest BCUT2D eigenvalue weighted by Crippen LogP contribution is 2.45. The Kier molecular flexibility index (Phi) is 74.3. The van der Waals surface area contributed by atoms with E-state index in [1.807, 2.05) is 36.5 Å². The molecule has 0 saturated heterocycles. The molecule has 0 aliphatic rings. The SMILES string of the molecule is CCCCC/C=C\C/C=C\C/C=C\C/C=C\C/C=C\CCC(=O)OC[C@H](COP(=O)(O)OC[C@@H](O)COP(=O)(O)OC[C@@H](COC(=O)CCCCCCC/C=C\CCCCCC)OC(=O)CCCCCCCCC/C=C\CCCCCC)OC(=O)CC/C=C\C/C=C\C/C=C\C/C=C\C/C=C\CCCCC. The van der Waals surface area contributed by atoms with Crippen molar-refractivity contribution in [3.05, 3.63) is 146 Å². The van der Waals surface area contributed by atoms with Gasteiger partial charge in [0.15, 0.2) is 12.2 Å². The van der Waals surface area contributed by atoms with Crippen LogP contribution in [-0.2, 0) is 65.4 Å². The Bertz CT molecular complexity index is 2580. The lowest BCUT2D eigenvalue weighted by Crippen LogP contribution is -2.30. The van der Waals surface area contributed by atoms with Gasteiger partial charge < -0.3 is 33.8 Å². The minimum atomic E-state index is -5.02. The van der Waals surface area contributed by atoms with Crippen LogP contribution in [0.5, 0.6) is 0 Å². The van der Waals surface area contributed by atoms with Gasteiger partial charge >= 0.3 is 39.5 Å². The van der Waals surface area contributed by atoms with Gasteiger partial charge in [-0.25, -0.2) is 9.13 Å². The largest absolute Gasteiger partial charge is 0.472 e. The van der Waals surface area contributed by atoms with Crippen molar-refractivity contribution in [1.29, 1.82) is 0 Å². The van der Waals surface area contributed by atoms with Gasteiger partial charge in [0.2, 0.25) is 0 Å². The number of carbonyl (C=O) groups excluding carboxylic acids is 4. The average Bonchev–Trinajstić information content (AvgIpc) is 0.903. The molecule has 2 unspecified atom stereocenters. The first-order valence-electron chi connectivity index (χ1n) is 41.1. The molecule has 0 rings (SSSR count). The lowest BCUT2D eigenvalue weighted by Gasteiger charge is -2.21. The van der Waals surface area contributed by atoms with Crippen molar-refractivity contribution in [1.82, 2.24) is 0 Å². The molecule has 3 N–H and O–H groups in total. The third-order valence-electron chi connectivity index (χ3n) is 16.8. The molecule has 0 radical (unpaired) electrons. The maximum Gasteiger partial charge on any atom is 0.472 e. The number of hydrogen-bond acceptors (Lipinski definition) is 15. The number of allylic oxidation sites excluding steroid dienone is 24. The number of phosphoric ester groups is 2. The number of unbranched alkanes of at least 4 members (excludes halogenated alkanes) is 26. The third-order valence-corrected chi connectivity index (χ3v) is 18.7. The predicted molar refractivity (Wildman–Crippen MR) is 436 cm³/mol. The van der Waals surface area contributed by atoms with Gasteiger partial charge in [-0.2, -0.15) is 0 Å². The molecule has 0 heterocycles. The highest BCUT2D eigenvalue weighted by Gasteiger charge is 2.30. The molecular weight excluding hydrogens is 1380 g/mol. The lowest BCUT2D eigenvalue weighted by molar-refractivity contribution is -0.161. The van der Waals surface area contributed by atoms with Crippen LogP contribution in [0.4, 0.5) is 0 Å². The van der Waals surface area contributed by atoms with E-state index in [0.717, 1.165) is 141 Å². The van der Waals surface area contributed by atoms with Crippen LogP contribution >= 0.6 is 15.6 Å². The van der Waals surface area contributed by atoms with Crippen molar-refractivity contribution < 1.29 is 80.2 Å². The molecule has 0 spiro atoms. The monoisotopic (exact) mass is 1530 g/mol. The fourth-order valence-corrected chi connectivity index (χ4v) is 12.0. The molecule has 0 saturated carbocycles. The summed E-state index contributed by atoms with van der Waals surface area (Å²) in [5, 5.41) is 10.6. The van der Waals surface area contributed by atoms with Gasteiger partial charge in [0, 0.05) is 25.7 Å². The number of esters is 4. The molecule has 0 fully saturated rings. The van der Waals surface area contributed by atoms with Crippen molar-refractivity contribution in [2.24, 2.45) is 0 Å². The van der Waals surface area contributed by atoms with Crippen LogP contribution in [-0.4, -0.2) is 96.7 Å². The summed E-state index contributed by atoms with van der Waals surface area (Å²) in [7, 11) is -10.0. The third kappa shape index (κ3) is 77.1. The fourth-order valence-electron chi connectivity index (χ4n) is 10.5. The van der Waals surface area contributed by atoms with Gasteiger partial charge in [-0.3, -0.25) is 37.3 Å². The van der Waals surface area contributed by atoms with Gasteiger partial charge in [0.1, 0.15) is 19.3 Å². The molecule has 19 heteroatoms. The fraction of sp³-hybridized carbons (Fsp3) is 0.678. The van der Waals surface area contributed by atoms with E-state index in [9.17, 15) is 43.2 Å². The molecule has 0 amide bonds. The first-order chi connectivity index (χ1) is 51.7. The molecule has 0 aliphatic carbocycles. The maximum atomic E-state index is 13.1. The highest BCUT2D eigenvalue weighted by atomic mass is 31.2. The minimum Gasteiger partial charge on any atom is -0.462 e. The Balaban J connectivity index is 5.51. The molecule has 106 heavy (non-hydrogen) atoms. The standard InChI is InChI=1S/C87H146O17P2/c1-5-9-13-17-21-25-29-33-36-38-40-42-45-48-52-56-60-64-68-72-85(90)98-78-83(104-87(92)74-70-66-62-58-54-50-46-43-41-39-37-34-30-26-22-18-14-10-6-2)80-102-106(95,96)100-76-81(88)75-99-105(93,94)101-79-82(77-97-84(89)71-67-63-59-55-51-47-32-28-24-20-16-12-8-4)103-86(91)73-69-65-61-57-53-49-44-35-31-27-23-19-15-11-7-3/h21-22,25-28,31-34,36-37,40-43,48,50,52,54,60,62,64,66,81-83,88H,5-20,23-24,29-30,35,38-39,44-47,49,51,53,55-59,61,63,65,67-80H2,1-4H3,(H,93,94)(H,95,96)/b25-21-,26-22-,31-27-,32-28-,36-33-,37-34-,42-40-,43-41-,52-48-,54-50-,64-60-,66-62-/t81-,82+,83+/m0/s1. The lowest BCUT2D eigenvalue weighted by atomic mass is 10.1. The van der Waals surface area contributed by atoms with Crippen LogP contribution in [0.25, 0.3) is 0 Å². The Morgan fingerprint density at radius 3 is 0.811 bits per heavy atom. The van der Waals surface area contributed by atoms with Crippen LogP contribution in [0.1, 0.15) is 323 Å². The number of carbonyl (C=O) groups is 4. The zero-order valence-corrected chi connectivity index (χ0v) is 68.1. The van der Waals surface area contributed by atoms with Gasteiger partial charge in [-0.1, -0.05) is 289 Å². The van der Waals surface area contributed by atoms with E-state index in [0.29, 0.717) is 38.5 Å². The topological polar surface area (TPSA) is 237 Å². The molecule has 5 atom stereocenters. The first-order valence-corrected chi connectivity index (χ1v) is 44.1. The first kappa shape index (κ1) is 101. The summed E-state index contributed by atoms with van der Waals surface area (Å²) in [5.41, 5.74) is 0. The number of aliphatic hydroxyl groups is 1. The Labute approximate surface area is 643 Å². The van der Waals surface area contributed by atoms with Crippen molar-refractivity contribution in [2.75, 3.05) is 39.6 Å². The highest BCUT2D eigenvalue weighted by molar-refractivity contribution is 7.47. The number of rotatable bonds is 76. The Morgan fingerprint density at radius 1 is 0.264 bits per heavy atom. The molecule has 17 nitrogen and oxygen atoms in total. The van der Waals surface area contributed by atoms with Crippen molar-refractivity contribution >= 4 is 39.5 Å². The zero-order chi connectivity index (χ0) is 77.4. The van der Waals surface area contributed by atoms with E-state index in [4.69, 9.17) is 37.0 Å². The maximum absolute atomic E-state index is 13.1. The summed E-state index contributed by atoms with van der Waals surface area (Å²) in [4.78, 5) is 73.0. The van der Waals surface area contributed by atoms with Gasteiger partial charge in [-0.05, 0) is 154 Å². The molecule has 606 valence electrons. The van der Waals surface area contributed by atoms with Crippen molar-refractivity contribution in [2.45, 2.75) is 341 Å². The molecule has 0 aromatic rings. The molecule has 0 aromatic heterocycles. The summed E-state index contributed by atoms with van der Waals surface area (Å²) < 4.78 is 68.5. The van der Waals surface area contributed by atoms with Crippen LogP contribution in [0.3, 0.4) is 0 Å². The summed E-state index contributed by atoms with van der Waals surface area (Å²) in [5.74, 6) is -2.38. The second kappa shape index (κ2) is 78.1. The predicted octanol–water partition coefficient (Wildman–Crippen LogP) is 24.2. The van der Waals surface area contributed by atoms with Crippen LogP contribution in [0.15, 0.2) is 146 Å². The van der Waals surface area contributed by atoms with Gasteiger partial charge in [0.25, 0.3) is 0 Å². The van der Waals surface area contributed by atoms with E-state index >= 15 is 0 Å². The van der Waals surface area contributed by atoms with E-state index in [-0.39, 0.29) is 25.7 Å². The average molecular weight is 1530 g/mol. The molecule has 0 aromatic carbocycles. The van der Waals surface area contributed by atoms with Gasteiger partial charge in [-0.15, -0.1) is 0 Å². The molecule has 0 aliphatic heterocycles. The van der Waals surface area contributed by atoms with E-state index in [1.54, 1.807) is 0 Å². The second-order valence-electron chi connectivity index (χ2n) is 27.0. The summed E-state index contributed by atoms with van der Waals surface area (Å²) in [6.07, 6.45) is 89.9. The van der Waals surface area contributed by atoms with Crippen LogP contribution < -0.4 is 0 Å². The molecular formula is C87H146O17P2. The number of aliphatic hydroxyl groups excluding tert-OH is 1. The van der Waals surface area contributed by atoms with Crippen LogP contribution in [0, 0.1) is 0 Å². The van der Waals surface area contributed by atoms with E-state index in [1.165, 1.54) is 89.9 Å². The molecule has 0 bridgehead atoms. The van der Waals surface area contributed by atoms with Gasteiger partial charge in [0.05, 0.1) is 26.4 Å². The summed E-state index contributed by atoms with van der Waals surface area (Å²) in [6.45, 7) is 4.62. The smallest absolute Gasteiger partial charge is 0.462 e. The second-order valence-corrected chi connectivity index (χ2v) is 29.9. The Hall–Kier alpha value is -5.06. The summed E-state index contributed by atoms with van der Waals surface area (Å²) in [6, 6.07) is 0. The van der Waals surface area contributed by atoms with E-state index < -0.39 is 97.5 Å². The summed E-state index contributed by atoms with van der Waals surface area (Å²) >= 11 is 0. The van der Waals surface area contributed by atoms with Crippen LogP contribution in [0.2, 0.25) is 0 Å². The number of hydrogen-bond donors (Lipinski definition) is 3. The minimum absolute atomic E-state index is 0.0184. The quantitative estimate of drug-likeness (QED) is 0.0169. The number of phosphoric acid groups is 2. The Morgan fingerprint density at radius 2 is 0.481 bits per heavy atom.